The number of aromatic hydroxyl groups is 1. The molecule has 4 nitrogen and oxygen atoms in total. The molecule has 0 heterocycles. The summed E-state index contributed by atoms with van der Waals surface area (Å²) in [5, 5.41) is 13.2. The Kier molecular flexibility index (Phi) is 5.51. The normalized spacial score (nSPS) is 11.7. The maximum atomic E-state index is 12.6. The molecule has 0 bridgehead atoms. The molecule has 2 rings (SSSR count). The zero-order valence-corrected chi connectivity index (χ0v) is 14.1. The van der Waals surface area contributed by atoms with Crippen LogP contribution in [0.1, 0.15) is 21.5 Å². The van der Waals surface area contributed by atoms with Crippen molar-refractivity contribution in [3.8, 4) is 5.75 Å². The van der Waals surface area contributed by atoms with Crippen molar-refractivity contribution in [3.05, 3.63) is 62.6 Å². The highest BCUT2D eigenvalue weighted by Crippen LogP contribution is 2.32. The summed E-state index contributed by atoms with van der Waals surface area (Å²) in [5.41, 5.74) is 1.49. The van der Waals surface area contributed by atoms with E-state index in [0.717, 1.165) is 18.2 Å². The Morgan fingerprint density at radius 3 is 2.62 bits per heavy atom. The van der Waals surface area contributed by atoms with Crippen LogP contribution < -0.4 is 5.43 Å². The second kappa shape index (κ2) is 7.23. The van der Waals surface area contributed by atoms with Crippen LogP contribution in [0.15, 0.2) is 46.0 Å². The average molecular weight is 422 g/mol. The zero-order valence-electron chi connectivity index (χ0n) is 11.7. The molecule has 0 aromatic heterocycles. The lowest BCUT2D eigenvalue weighted by molar-refractivity contribution is -0.137. The Balaban J connectivity index is 2.11. The lowest BCUT2D eigenvalue weighted by atomic mass is 10.1. The van der Waals surface area contributed by atoms with Crippen LogP contribution in [0, 0.1) is 0 Å². The largest absolute Gasteiger partial charge is 0.505 e. The number of hydrogen-bond donors (Lipinski definition) is 2. The van der Waals surface area contributed by atoms with Gasteiger partial charge in [-0.2, -0.15) is 18.3 Å². The second-order valence-electron chi connectivity index (χ2n) is 4.61. The van der Waals surface area contributed by atoms with Crippen LogP contribution in [0.3, 0.4) is 0 Å². The molecule has 0 aliphatic heterocycles. The van der Waals surface area contributed by atoms with E-state index >= 15 is 0 Å². The fourth-order valence-corrected chi connectivity index (χ4v) is 2.55. The van der Waals surface area contributed by atoms with Crippen LogP contribution >= 0.6 is 27.5 Å². The van der Waals surface area contributed by atoms with Gasteiger partial charge in [0.15, 0.2) is 0 Å². The van der Waals surface area contributed by atoms with Gasteiger partial charge in [-0.1, -0.05) is 17.7 Å². The lowest BCUT2D eigenvalue weighted by Gasteiger charge is -2.07. The fourth-order valence-electron chi connectivity index (χ4n) is 1.73. The summed E-state index contributed by atoms with van der Waals surface area (Å²) in [6.45, 7) is 0. The summed E-state index contributed by atoms with van der Waals surface area (Å²) in [7, 11) is 0. The molecule has 2 aromatic carbocycles. The number of halogens is 5. The van der Waals surface area contributed by atoms with Gasteiger partial charge in [-0.15, -0.1) is 0 Å². The van der Waals surface area contributed by atoms with E-state index in [1.807, 2.05) is 0 Å². The highest BCUT2D eigenvalue weighted by atomic mass is 79.9. The average Bonchev–Trinajstić information content (AvgIpc) is 2.51. The van der Waals surface area contributed by atoms with E-state index in [4.69, 9.17) is 11.6 Å². The number of carbonyl (C=O) groups excluding carboxylic acids is 1. The van der Waals surface area contributed by atoms with Gasteiger partial charge in [-0.05, 0) is 51.8 Å². The van der Waals surface area contributed by atoms with Crippen LogP contribution in [0.5, 0.6) is 5.75 Å². The molecular weight excluding hydrogens is 413 g/mol. The Morgan fingerprint density at radius 1 is 1.29 bits per heavy atom. The number of phenols is 1. The second-order valence-corrected chi connectivity index (χ2v) is 5.87. The van der Waals surface area contributed by atoms with Crippen molar-refractivity contribution >= 4 is 39.7 Å². The Bertz CT molecular complexity index is 787. The van der Waals surface area contributed by atoms with Gasteiger partial charge in [-0.25, -0.2) is 5.43 Å². The maximum Gasteiger partial charge on any atom is 0.416 e. The third kappa shape index (κ3) is 4.48. The van der Waals surface area contributed by atoms with E-state index in [9.17, 15) is 23.1 Å². The van der Waals surface area contributed by atoms with Crippen LogP contribution in [0.4, 0.5) is 13.2 Å². The number of alkyl halides is 3. The van der Waals surface area contributed by atoms with Crippen molar-refractivity contribution in [2.45, 2.75) is 6.18 Å². The summed E-state index contributed by atoms with van der Waals surface area (Å²) >= 11 is 8.87. The van der Waals surface area contributed by atoms with Crippen molar-refractivity contribution in [1.82, 2.24) is 5.43 Å². The summed E-state index contributed by atoms with van der Waals surface area (Å²) in [5.74, 6) is -0.928. The number of carbonyl (C=O) groups is 1. The lowest BCUT2D eigenvalue weighted by Crippen LogP contribution is -2.18. The van der Waals surface area contributed by atoms with Gasteiger partial charge in [-0.3, -0.25) is 4.79 Å². The molecule has 0 spiro atoms. The van der Waals surface area contributed by atoms with Crippen molar-refractivity contribution in [2.24, 2.45) is 5.10 Å². The number of benzene rings is 2. The SMILES string of the molecule is O=C(N/N=C\c1cc(Cl)c(O)c(Br)c1)c1cccc(C(F)(F)F)c1. The van der Waals surface area contributed by atoms with Crippen molar-refractivity contribution in [3.63, 3.8) is 0 Å². The van der Waals surface area contributed by atoms with Crippen molar-refractivity contribution in [1.29, 1.82) is 0 Å². The van der Waals surface area contributed by atoms with Crippen LogP contribution in [0.2, 0.25) is 5.02 Å². The van der Waals surface area contributed by atoms with E-state index in [1.165, 1.54) is 24.4 Å². The molecule has 0 unspecified atom stereocenters. The minimum Gasteiger partial charge on any atom is -0.505 e. The molecule has 2 aromatic rings. The Labute approximate surface area is 148 Å². The van der Waals surface area contributed by atoms with E-state index in [0.29, 0.717) is 10.0 Å². The highest BCUT2D eigenvalue weighted by molar-refractivity contribution is 9.10. The summed E-state index contributed by atoms with van der Waals surface area (Å²) in [6, 6.07) is 6.89. The van der Waals surface area contributed by atoms with Crippen LogP contribution in [-0.2, 0) is 6.18 Å². The topological polar surface area (TPSA) is 61.7 Å². The molecule has 9 heteroatoms. The number of nitrogens with zero attached hydrogens (tertiary/aromatic N) is 1. The molecule has 0 saturated carbocycles. The molecule has 24 heavy (non-hydrogen) atoms. The van der Waals surface area contributed by atoms with E-state index in [1.54, 1.807) is 0 Å². The first-order valence-corrected chi connectivity index (χ1v) is 7.54. The predicted molar refractivity (Wildman–Crippen MR) is 87.3 cm³/mol. The van der Waals surface area contributed by atoms with Crippen molar-refractivity contribution < 1.29 is 23.1 Å². The maximum absolute atomic E-state index is 12.6. The minimum absolute atomic E-state index is 0.0787. The number of nitrogens with one attached hydrogen (secondary N) is 1. The van der Waals surface area contributed by atoms with Gasteiger partial charge in [0.25, 0.3) is 5.91 Å². The van der Waals surface area contributed by atoms with Gasteiger partial charge in [0.2, 0.25) is 0 Å². The third-order valence-electron chi connectivity index (χ3n) is 2.87. The molecule has 126 valence electrons. The van der Waals surface area contributed by atoms with Crippen LogP contribution in [0.25, 0.3) is 0 Å². The third-order valence-corrected chi connectivity index (χ3v) is 3.76. The van der Waals surface area contributed by atoms with E-state index in [-0.39, 0.29) is 16.3 Å². The fraction of sp³-hybridized carbons (Fsp3) is 0.0667. The summed E-state index contributed by atoms with van der Waals surface area (Å²) < 4.78 is 38.2. The number of rotatable bonds is 3. The number of hydrogen-bond acceptors (Lipinski definition) is 3. The molecule has 0 aliphatic rings. The van der Waals surface area contributed by atoms with Gasteiger partial charge in [0.05, 0.1) is 21.3 Å². The van der Waals surface area contributed by atoms with Gasteiger partial charge < -0.3 is 5.11 Å². The van der Waals surface area contributed by atoms with Gasteiger partial charge in [0.1, 0.15) is 5.75 Å². The van der Waals surface area contributed by atoms with E-state index < -0.39 is 17.6 Å². The number of amides is 1. The molecule has 0 radical (unpaired) electrons. The molecule has 0 saturated heterocycles. The number of phenolic OH excluding ortho intramolecular Hbond substituents is 1. The summed E-state index contributed by atoms with van der Waals surface area (Å²) in [4.78, 5) is 11.8. The Hall–Kier alpha value is -2.06. The Morgan fingerprint density at radius 2 is 2.00 bits per heavy atom. The molecule has 0 fully saturated rings. The van der Waals surface area contributed by atoms with Gasteiger partial charge >= 0.3 is 6.18 Å². The summed E-state index contributed by atoms with van der Waals surface area (Å²) in [6.07, 6.45) is -3.30. The smallest absolute Gasteiger partial charge is 0.416 e. The predicted octanol–water partition coefficient (Wildman–Crippen LogP) is 4.59. The first-order valence-electron chi connectivity index (χ1n) is 6.37. The number of hydrazone groups is 1. The van der Waals surface area contributed by atoms with Crippen LogP contribution in [-0.4, -0.2) is 17.2 Å². The van der Waals surface area contributed by atoms with Gasteiger partial charge in [0, 0.05) is 5.56 Å². The minimum atomic E-state index is -4.53. The molecular formula is C15H9BrClF3N2O2. The quantitative estimate of drug-likeness (QED) is 0.562. The monoisotopic (exact) mass is 420 g/mol. The molecule has 0 aliphatic carbocycles. The molecule has 1 amide bonds. The first-order chi connectivity index (χ1) is 11.2. The zero-order chi connectivity index (χ0) is 17.9. The highest BCUT2D eigenvalue weighted by Gasteiger charge is 2.30. The van der Waals surface area contributed by atoms with E-state index in [2.05, 4.69) is 26.5 Å². The first kappa shape index (κ1) is 18.3. The molecule has 0 atom stereocenters. The molecule has 2 N–H and O–H groups in total. The standard InChI is InChI=1S/C15H9BrClF3N2O2/c16-11-4-8(5-12(17)13(11)23)7-21-22-14(24)9-2-1-3-10(6-9)15(18,19)20/h1-7,23H,(H,22,24)/b21-7-. The van der Waals surface area contributed by atoms with Crippen molar-refractivity contribution in [2.75, 3.05) is 0 Å².